The van der Waals surface area contributed by atoms with E-state index in [4.69, 9.17) is 4.42 Å². The molecule has 7 heteroatoms. The monoisotopic (exact) mass is 236 g/mol. The van der Waals surface area contributed by atoms with Crippen molar-refractivity contribution in [3.63, 3.8) is 0 Å². The molecule has 2 heterocycles. The molecule has 0 aliphatic rings. The van der Waals surface area contributed by atoms with E-state index in [1.807, 2.05) is 0 Å². The van der Waals surface area contributed by atoms with E-state index in [1.54, 1.807) is 32.4 Å². The predicted molar refractivity (Wildman–Crippen MR) is 60.6 cm³/mol. The van der Waals surface area contributed by atoms with Crippen molar-refractivity contribution in [2.45, 2.75) is 13.5 Å². The Morgan fingerprint density at radius 2 is 2.41 bits per heavy atom. The van der Waals surface area contributed by atoms with Crippen molar-refractivity contribution in [2.24, 2.45) is 7.05 Å². The first kappa shape index (κ1) is 11.2. The van der Waals surface area contributed by atoms with Crippen LogP contribution >= 0.6 is 0 Å². The van der Waals surface area contributed by atoms with Crippen molar-refractivity contribution in [2.75, 3.05) is 5.32 Å². The topological polar surface area (TPSA) is 86.1 Å². The van der Waals surface area contributed by atoms with Gasteiger partial charge in [-0.3, -0.25) is 10.1 Å². The highest BCUT2D eigenvalue weighted by Crippen LogP contribution is 2.27. The zero-order valence-electron chi connectivity index (χ0n) is 9.51. The average molecular weight is 236 g/mol. The Kier molecular flexibility index (Phi) is 2.82. The van der Waals surface area contributed by atoms with Gasteiger partial charge >= 0.3 is 5.69 Å². The van der Waals surface area contributed by atoms with Crippen LogP contribution in [-0.4, -0.2) is 14.7 Å². The second-order valence-electron chi connectivity index (χ2n) is 3.60. The van der Waals surface area contributed by atoms with E-state index >= 15 is 0 Å². The van der Waals surface area contributed by atoms with Gasteiger partial charge in [0, 0.05) is 7.05 Å². The molecule has 0 saturated heterocycles. The highest BCUT2D eigenvalue weighted by atomic mass is 16.6. The number of nitrogens with zero attached hydrogens (tertiary/aromatic N) is 3. The fourth-order valence-corrected chi connectivity index (χ4v) is 1.65. The molecular formula is C10H12N4O3. The van der Waals surface area contributed by atoms with Gasteiger partial charge in [-0.25, -0.2) is 4.68 Å². The summed E-state index contributed by atoms with van der Waals surface area (Å²) in [6.07, 6.45) is 1.56. The van der Waals surface area contributed by atoms with E-state index < -0.39 is 4.92 Å². The van der Waals surface area contributed by atoms with Crippen molar-refractivity contribution in [1.29, 1.82) is 0 Å². The van der Waals surface area contributed by atoms with Crippen LogP contribution in [0.2, 0.25) is 0 Å². The molecule has 0 aromatic carbocycles. The molecule has 0 amide bonds. The minimum atomic E-state index is -0.438. The highest BCUT2D eigenvalue weighted by Gasteiger charge is 2.23. The molecule has 0 atom stereocenters. The molecule has 0 spiro atoms. The number of furan rings is 1. The van der Waals surface area contributed by atoms with Gasteiger partial charge in [-0.2, -0.15) is 5.10 Å². The lowest BCUT2D eigenvalue weighted by Crippen LogP contribution is -2.05. The van der Waals surface area contributed by atoms with Crippen LogP contribution in [-0.2, 0) is 13.6 Å². The quantitative estimate of drug-likeness (QED) is 0.646. The van der Waals surface area contributed by atoms with Crippen LogP contribution in [0.4, 0.5) is 11.5 Å². The van der Waals surface area contributed by atoms with E-state index in [-0.39, 0.29) is 5.69 Å². The van der Waals surface area contributed by atoms with Crippen molar-refractivity contribution in [3.8, 4) is 0 Å². The Hall–Kier alpha value is -2.31. The molecule has 2 aromatic heterocycles. The van der Waals surface area contributed by atoms with E-state index in [2.05, 4.69) is 10.4 Å². The van der Waals surface area contributed by atoms with E-state index in [0.717, 1.165) is 0 Å². The maximum atomic E-state index is 10.9. The molecule has 0 aliphatic heterocycles. The first-order chi connectivity index (χ1) is 8.09. The number of aryl methyl sites for hydroxylation is 2. The van der Waals surface area contributed by atoms with Gasteiger partial charge < -0.3 is 9.73 Å². The number of hydrogen-bond donors (Lipinski definition) is 1. The Balaban J connectivity index is 2.23. The van der Waals surface area contributed by atoms with Crippen molar-refractivity contribution >= 4 is 11.5 Å². The summed E-state index contributed by atoms with van der Waals surface area (Å²) in [6, 6.07) is 3.56. The molecule has 2 aromatic rings. The van der Waals surface area contributed by atoms with Crippen LogP contribution in [0.3, 0.4) is 0 Å². The fourth-order valence-electron chi connectivity index (χ4n) is 1.65. The summed E-state index contributed by atoms with van der Waals surface area (Å²) < 4.78 is 6.59. The van der Waals surface area contributed by atoms with E-state index in [1.165, 1.54) is 4.68 Å². The van der Waals surface area contributed by atoms with Gasteiger partial charge in [-0.15, -0.1) is 0 Å². The number of rotatable bonds is 4. The predicted octanol–water partition coefficient (Wildman–Crippen LogP) is 1.84. The van der Waals surface area contributed by atoms with Gasteiger partial charge in [-0.1, -0.05) is 0 Å². The van der Waals surface area contributed by atoms with Crippen LogP contribution in [0.1, 0.15) is 11.5 Å². The second kappa shape index (κ2) is 4.28. The summed E-state index contributed by atoms with van der Waals surface area (Å²) in [5.41, 5.74) is 0.388. The van der Waals surface area contributed by atoms with E-state index in [9.17, 15) is 10.1 Å². The van der Waals surface area contributed by atoms with Crippen LogP contribution in [0.5, 0.6) is 0 Å². The third-order valence-corrected chi connectivity index (χ3v) is 2.38. The van der Waals surface area contributed by atoms with Crippen molar-refractivity contribution < 1.29 is 9.34 Å². The van der Waals surface area contributed by atoms with Gasteiger partial charge in [0.2, 0.25) is 5.82 Å². The van der Waals surface area contributed by atoms with Crippen molar-refractivity contribution in [1.82, 2.24) is 9.78 Å². The summed E-state index contributed by atoms with van der Waals surface area (Å²) in [5.74, 6) is 1.09. The lowest BCUT2D eigenvalue weighted by molar-refractivity contribution is -0.384. The van der Waals surface area contributed by atoms with E-state index in [0.29, 0.717) is 23.8 Å². The molecule has 1 N–H and O–H groups in total. The molecule has 90 valence electrons. The standard InChI is InChI=1S/C10H12N4O3/c1-7-9(14(15)16)10(13(2)12-7)11-6-8-4-3-5-17-8/h3-5,11H,6H2,1-2H3. The van der Waals surface area contributed by atoms with Gasteiger partial charge in [0.05, 0.1) is 17.7 Å². The Labute approximate surface area is 97.2 Å². The summed E-state index contributed by atoms with van der Waals surface area (Å²) >= 11 is 0. The highest BCUT2D eigenvalue weighted by molar-refractivity contribution is 5.59. The fraction of sp³-hybridized carbons (Fsp3) is 0.300. The summed E-state index contributed by atoms with van der Waals surface area (Å²) in [5, 5.41) is 17.9. The number of hydrogen-bond acceptors (Lipinski definition) is 5. The maximum absolute atomic E-state index is 10.9. The lowest BCUT2D eigenvalue weighted by atomic mass is 10.3. The normalized spacial score (nSPS) is 10.5. The van der Waals surface area contributed by atoms with Crippen molar-refractivity contribution in [3.05, 3.63) is 40.0 Å². The zero-order chi connectivity index (χ0) is 12.4. The van der Waals surface area contributed by atoms with Gasteiger partial charge in [0.1, 0.15) is 11.5 Å². The minimum absolute atomic E-state index is 0.000874. The smallest absolute Gasteiger partial charge is 0.333 e. The molecule has 2 rings (SSSR count). The van der Waals surface area contributed by atoms with Crippen LogP contribution in [0.15, 0.2) is 22.8 Å². The van der Waals surface area contributed by atoms with Gasteiger partial charge in [-0.05, 0) is 19.1 Å². The zero-order valence-corrected chi connectivity index (χ0v) is 9.51. The lowest BCUT2D eigenvalue weighted by Gasteiger charge is -2.03. The summed E-state index contributed by atoms with van der Waals surface area (Å²) in [4.78, 5) is 10.5. The molecule has 0 unspecified atom stereocenters. The average Bonchev–Trinajstić information content (AvgIpc) is 2.83. The Morgan fingerprint density at radius 3 is 3.00 bits per heavy atom. The third-order valence-electron chi connectivity index (χ3n) is 2.38. The Bertz CT molecular complexity index is 530. The third kappa shape index (κ3) is 2.12. The number of aromatic nitrogens is 2. The number of nitrogens with one attached hydrogen (secondary N) is 1. The second-order valence-corrected chi connectivity index (χ2v) is 3.60. The van der Waals surface area contributed by atoms with Crippen LogP contribution < -0.4 is 5.32 Å². The number of anilines is 1. The van der Waals surface area contributed by atoms with Gasteiger partial charge in [0.25, 0.3) is 0 Å². The first-order valence-electron chi connectivity index (χ1n) is 5.04. The summed E-state index contributed by atoms with van der Waals surface area (Å²) in [7, 11) is 1.66. The molecule has 0 bridgehead atoms. The summed E-state index contributed by atoms with van der Waals surface area (Å²) in [6.45, 7) is 1.99. The van der Waals surface area contributed by atoms with Gasteiger partial charge in [0.15, 0.2) is 0 Å². The number of nitro groups is 1. The molecule has 7 nitrogen and oxygen atoms in total. The molecular weight excluding hydrogens is 224 g/mol. The molecule has 17 heavy (non-hydrogen) atoms. The first-order valence-corrected chi connectivity index (χ1v) is 5.04. The molecule has 0 fully saturated rings. The largest absolute Gasteiger partial charge is 0.467 e. The minimum Gasteiger partial charge on any atom is -0.467 e. The molecule has 0 saturated carbocycles. The molecule has 0 radical (unpaired) electrons. The molecule has 0 aliphatic carbocycles. The Morgan fingerprint density at radius 1 is 1.65 bits per heavy atom. The van der Waals surface area contributed by atoms with Crippen LogP contribution in [0, 0.1) is 17.0 Å². The SMILES string of the molecule is Cc1nn(C)c(NCc2ccco2)c1[N+](=O)[O-]. The van der Waals surface area contributed by atoms with Crippen LogP contribution in [0.25, 0.3) is 0 Å². The maximum Gasteiger partial charge on any atom is 0.333 e.